The van der Waals surface area contributed by atoms with Crippen LogP contribution in [0.15, 0.2) is 86.0 Å². The smallest absolute Gasteiger partial charge is 0.416 e. The maximum Gasteiger partial charge on any atom is 0.416 e. The van der Waals surface area contributed by atoms with Crippen LogP contribution in [0, 0.1) is 65.1 Å². The number of carboxylic acids is 3. The quantitative estimate of drug-likeness (QED) is 0.0265. The maximum atomic E-state index is 13.2. The van der Waals surface area contributed by atoms with Crippen LogP contribution in [0.4, 0.5) is 9.59 Å². The third-order valence-electron chi connectivity index (χ3n) is 15.7. The van der Waals surface area contributed by atoms with Crippen LogP contribution in [-0.2, 0) is 93.9 Å². The zero-order valence-electron chi connectivity index (χ0n) is 71.3. The van der Waals surface area contributed by atoms with E-state index in [0.717, 1.165) is 17.5 Å². The fourth-order valence-electron chi connectivity index (χ4n) is 11.4. The van der Waals surface area contributed by atoms with Gasteiger partial charge in [-0.3, -0.25) is 47.9 Å². The SMILES string of the molecule is C=CC[C@@H](C(=O)OC(C)(C)C)[C@@H](CC(C)C)C(=O)O.C=CC[C@H](C(=O)OC(C)(C)C)[C@@H](CC(C)C)C(=O)O.CC(C)(C)OC(=O)CBr.CC(C)CCC(=O)N1C(=O)OC[C@@H]1Cc1ccccc1.CC(C)C[C@H](CC(=O)OC(C)(C)C)C(=O)N1C(=O)OC[C@@H]1Cc1ccccc1.CC(C)C[C@H](CC(=O)OC(C)(C)C)C(=O)O. The normalized spacial score (nSPS) is 15.8. The van der Waals surface area contributed by atoms with Gasteiger partial charge in [0, 0.05) is 12.3 Å². The highest BCUT2D eigenvalue weighted by Gasteiger charge is 2.43. The number of hydrogen-bond acceptors (Lipinski definition) is 19. The van der Waals surface area contributed by atoms with Gasteiger partial charge in [-0.25, -0.2) is 19.4 Å². The number of carbonyl (C=O) groups is 12. The second-order valence-corrected chi connectivity index (χ2v) is 35.6. The summed E-state index contributed by atoms with van der Waals surface area (Å²) in [5.41, 5.74) is -0.628. The number of hydrogen-bond donors (Lipinski definition) is 3. The lowest BCUT2D eigenvalue weighted by Gasteiger charge is -2.27. The van der Waals surface area contributed by atoms with E-state index in [1.54, 1.807) is 95.2 Å². The maximum absolute atomic E-state index is 13.2. The summed E-state index contributed by atoms with van der Waals surface area (Å²) in [4.78, 5) is 144. The van der Waals surface area contributed by atoms with Crippen LogP contribution in [0.5, 0.6) is 0 Å². The van der Waals surface area contributed by atoms with Gasteiger partial charge in [-0.1, -0.05) is 158 Å². The lowest BCUT2D eigenvalue weighted by molar-refractivity contribution is -0.167. The molecule has 4 amide bonds. The Morgan fingerprint density at radius 2 is 0.766 bits per heavy atom. The van der Waals surface area contributed by atoms with Crippen LogP contribution in [0.3, 0.4) is 0 Å². The summed E-state index contributed by atoms with van der Waals surface area (Å²) in [5.74, 6) is -8.07. The van der Waals surface area contributed by atoms with E-state index < -0.39 is 112 Å². The minimum absolute atomic E-state index is 0.0455. The van der Waals surface area contributed by atoms with Gasteiger partial charge in [0.1, 0.15) is 46.5 Å². The van der Waals surface area contributed by atoms with E-state index in [0.29, 0.717) is 70.3 Å². The second-order valence-electron chi connectivity index (χ2n) is 35.0. The summed E-state index contributed by atoms with van der Waals surface area (Å²) in [7, 11) is 0. The number of imide groups is 2. The predicted octanol–water partition coefficient (Wildman–Crippen LogP) is 17.7. The van der Waals surface area contributed by atoms with Gasteiger partial charge in [0.05, 0.1) is 54.5 Å². The van der Waals surface area contributed by atoms with Crippen LogP contribution >= 0.6 is 15.9 Å². The molecule has 0 aromatic heterocycles. The fourth-order valence-corrected chi connectivity index (χ4v) is 11.5. The predicted molar refractivity (Wildman–Crippen MR) is 432 cm³/mol. The summed E-state index contributed by atoms with van der Waals surface area (Å²) in [6, 6.07) is 19.0. The lowest BCUT2D eigenvalue weighted by atomic mass is 9.83. The first kappa shape index (κ1) is 105. The zero-order valence-corrected chi connectivity index (χ0v) is 72.9. The number of carbonyl (C=O) groups excluding carboxylic acids is 9. The first-order chi connectivity index (χ1) is 50.9. The highest BCUT2D eigenvalue weighted by Crippen LogP contribution is 2.31. The molecule has 2 aromatic rings. The average Bonchev–Trinajstić information content (AvgIpc) is 1.72. The van der Waals surface area contributed by atoms with E-state index in [2.05, 4.69) is 42.9 Å². The van der Waals surface area contributed by atoms with E-state index in [1.165, 1.54) is 9.80 Å². The summed E-state index contributed by atoms with van der Waals surface area (Å²) in [5, 5.41) is 27.9. The van der Waals surface area contributed by atoms with Crippen molar-refractivity contribution in [3.05, 3.63) is 97.1 Å². The molecule has 111 heavy (non-hydrogen) atoms. The lowest BCUT2D eigenvalue weighted by Crippen LogP contribution is -2.44. The number of rotatable bonds is 32. The third kappa shape index (κ3) is 49.2. The summed E-state index contributed by atoms with van der Waals surface area (Å²) in [6.07, 6.45) is 6.82. The molecule has 24 nitrogen and oxygen atoms in total. The van der Waals surface area contributed by atoms with Crippen molar-refractivity contribution in [1.29, 1.82) is 0 Å². The molecule has 0 radical (unpaired) electrons. The van der Waals surface area contributed by atoms with Gasteiger partial charge in [-0.15, -0.1) is 13.2 Å². The van der Waals surface area contributed by atoms with E-state index in [9.17, 15) is 67.7 Å². The molecular weight excluding hydrogens is 1490 g/mol. The summed E-state index contributed by atoms with van der Waals surface area (Å²) < 4.78 is 36.2. The van der Waals surface area contributed by atoms with Crippen molar-refractivity contribution in [3.63, 3.8) is 0 Å². The van der Waals surface area contributed by atoms with Crippen molar-refractivity contribution in [2.75, 3.05) is 18.5 Å². The van der Waals surface area contributed by atoms with Gasteiger partial charge in [0.2, 0.25) is 11.8 Å². The van der Waals surface area contributed by atoms with E-state index >= 15 is 0 Å². The van der Waals surface area contributed by atoms with Crippen LogP contribution in [-0.4, -0.2) is 156 Å². The molecule has 630 valence electrons. The Kier molecular flexibility index (Phi) is 48.2. The molecule has 0 saturated carbocycles. The number of carboxylic acid groups (broad SMARTS) is 3. The highest BCUT2D eigenvalue weighted by atomic mass is 79.9. The Labute approximate surface area is 671 Å². The summed E-state index contributed by atoms with van der Waals surface area (Å²) in [6.45, 7) is 54.2. The molecule has 2 aliphatic heterocycles. The van der Waals surface area contributed by atoms with Gasteiger partial charge in [-0.05, 0) is 202 Å². The molecular formula is C86H137BrN2O22. The minimum Gasteiger partial charge on any atom is -0.481 e. The standard InChI is InChI=1S/C22H31NO5.C16H21NO3.2C15H26O4.C12H22O4.C6H11BrO2/c1-15(2)11-17(13-19(24)28-22(3,4)5)20(25)23-18(14-27-21(23)26)12-16-9-7-6-8-10-16;1-12(2)8-9-15(18)17-14(11-20-16(17)19)10-13-6-4-3-5-7-13;2*1-7-8-11(14(18)19-15(4,5)6)12(13(16)17)9-10(2)3;1-8(2)6-9(11(14)15)7-10(13)16-12(3,4)5;1-6(2,3)9-5(8)4-7/h6-10,15,17-18H,11-14H2,1-5H3;3-7,12,14H,8-11H2,1-2H3;2*7,10-12H,1,8-9H2,2-6H3,(H,16,17);8-9H,6-7H2,1-5H3,(H,14,15);4H2,1-3H3/t17-,18+;14-;11-,12+;11-,12-;9-;/m10011./s1. The molecule has 2 aromatic carbocycles. The van der Waals surface area contributed by atoms with E-state index in [-0.39, 0.29) is 83.9 Å². The number of esters is 5. The van der Waals surface area contributed by atoms with Gasteiger partial charge in [-0.2, -0.15) is 0 Å². The number of aliphatic carboxylic acids is 3. The van der Waals surface area contributed by atoms with Crippen molar-refractivity contribution >= 4 is 87.7 Å². The van der Waals surface area contributed by atoms with Gasteiger partial charge >= 0.3 is 59.9 Å². The summed E-state index contributed by atoms with van der Waals surface area (Å²) >= 11 is 2.99. The molecule has 3 N–H and O–H groups in total. The number of allylic oxidation sites excluding steroid dienone is 2. The van der Waals surface area contributed by atoms with Gasteiger partial charge in [0.25, 0.3) is 0 Å². The molecule has 2 heterocycles. The van der Waals surface area contributed by atoms with Crippen molar-refractivity contribution < 1.29 is 106 Å². The molecule has 2 aliphatic rings. The molecule has 8 atom stereocenters. The number of alkyl halides is 1. The number of cyclic esters (lactones) is 2. The third-order valence-corrected chi connectivity index (χ3v) is 16.2. The topological polar surface area (TPSA) is 337 Å². The van der Waals surface area contributed by atoms with Crippen molar-refractivity contribution in [3.8, 4) is 0 Å². The van der Waals surface area contributed by atoms with Crippen molar-refractivity contribution in [2.45, 2.75) is 290 Å². The Morgan fingerprint density at radius 3 is 1.05 bits per heavy atom. The molecule has 0 aliphatic carbocycles. The van der Waals surface area contributed by atoms with Crippen LogP contribution in [0.25, 0.3) is 0 Å². The Balaban J connectivity index is 0. The number of halogens is 1. The molecule has 2 saturated heterocycles. The Bertz CT molecular complexity index is 3150. The number of nitrogens with zero attached hydrogens (tertiary/aromatic N) is 2. The molecule has 0 unspecified atom stereocenters. The van der Waals surface area contributed by atoms with E-state index in [4.69, 9.17) is 38.3 Å². The molecule has 4 rings (SSSR count). The largest absolute Gasteiger partial charge is 0.481 e. The molecule has 0 bridgehead atoms. The fraction of sp³-hybridized carbons (Fsp3) is 0.674. The van der Waals surface area contributed by atoms with E-state index in [1.807, 2.05) is 137 Å². The average molecular weight is 1630 g/mol. The zero-order chi connectivity index (χ0) is 86.3. The van der Waals surface area contributed by atoms with Crippen molar-refractivity contribution in [1.82, 2.24) is 9.80 Å². The first-order valence-electron chi connectivity index (χ1n) is 38.5. The Morgan fingerprint density at radius 1 is 0.450 bits per heavy atom. The van der Waals surface area contributed by atoms with Crippen LogP contribution in [0.2, 0.25) is 0 Å². The highest BCUT2D eigenvalue weighted by molar-refractivity contribution is 9.09. The first-order valence-corrected chi connectivity index (χ1v) is 39.6. The minimum atomic E-state index is -0.952. The molecule has 0 spiro atoms. The molecule has 25 heteroatoms. The Hall–Kier alpha value is -7.96. The number of amides is 4. The van der Waals surface area contributed by atoms with Gasteiger partial charge in [0.15, 0.2) is 0 Å². The van der Waals surface area contributed by atoms with Crippen LogP contribution < -0.4 is 0 Å². The molecule has 2 fully saturated rings. The van der Waals surface area contributed by atoms with Crippen LogP contribution in [0.1, 0.15) is 248 Å². The number of benzene rings is 2. The van der Waals surface area contributed by atoms with Crippen molar-refractivity contribution in [2.24, 2.45) is 65.1 Å². The number of ether oxygens (including phenoxy) is 7. The van der Waals surface area contributed by atoms with Gasteiger partial charge < -0.3 is 48.5 Å². The monoisotopic (exact) mass is 1630 g/mol. The second kappa shape index (κ2) is 50.9.